The predicted molar refractivity (Wildman–Crippen MR) is 48.3 cm³/mol. The predicted octanol–water partition coefficient (Wildman–Crippen LogP) is -2.74. The number of hydrogen-bond acceptors (Lipinski definition) is 5. The monoisotopic (exact) mass is 204 g/mol. The third-order valence-corrected chi connectivity index (χ3v) is 2.51. The highest BCUT2D eigenvalue weighted by atomic mass is 16.3. The Morgan fingerprint density at radius 3 is 2.64 bits per heavy atom. The molecule has 0 aromatic heterocycles. The molecule has 1 aliphatic rings. The van der Waals surface area contributed by atoms with E-state index in [1.165, 1.54) is 0 Å². The van der Waals surface area contributed by atoms with Crippen molar-refractivity contribution in [3.8, 4) is 0 Å². The van der Waals surface area contributed by atoms with Crippen molar-refractivity contribution >= 4 is 5.91 Å². The minimum atomic E-state index is -0.951. The molecule has 0 aromatic rings. The highest BCUT2D eigenvalue weighted by molar-refractivity contribution is 5.73. The van der Waals surface area contributed by atoms with E-state index in [1.807, 2.05) is 0 Å². The van der Waals surface area contributed by atoms with Crippen LogP contribution in [0.25, 0.3) is 0 Å². The molecule has 1 saturated heterocycles. The summed E-state index contributed by atoms with van der Waals surface area (Å²) in [6.07, 6.45) is -1.65. The van der Waals surface area contributed by atoms with Crippen molar-refractivity contribution in [1.82, 2.24) is 4.90 Å². The lowest BCUT2D eigenvalue weighted by Crippen LogP contribution is -2.40. The Hall–Kier alpha value is -0.690. The lowest BCUT2D eigenvalue weighted by molar-refractivity contribution is -0.118. The van der Waals surface area contributed by atoms with E-state index < -0.39 is 24.2 Å². The molecular weight excluding hydrogens is 188 g/mol. The Morgan fingerprint density at radius 2 is 2.14 bits per heavy atom. The number of aliphatic hydroxyl groups excluding tert-OH is 3. The summed E-state index contributed by atoms with van der Waals surface area (Å²) in [6, 6.07) is -0.496. The van der Waals surface area contributed by atoms with Crippen LogP contribution in [0.2, 0.25) is 0 Å². The summed E-state index contributed by atoms with van der Waals surface area (Å²) in [7, 11) is 0. The van der Waals surface area contributed by atoms with Crippen molar-refractivity contribution in [2.45, 2.75) is 24.7 Å². The first-order valence-corrected chi connectivity index (χ1v) is 4.55. The van der Waals surface area contributed by atoms with Gasteiger partial charge in [0.2, 0.25) is 5.91 Å². The summed E-state index contributed by atoms with van der Waals surface area (Å²) >= 11 is 0. The van der Waals surface area contributed by atoms with Crippen LogP contribution in [0.15, 0.2) is 0 Å². The molecule has 14 heavy (non-hydrogen) atoms. The van der Waals surface area contributed by atoms with Gasteiger partial charge in [-0.25, -0.2) is 0 Å². The molecule has 82 valence electrons. The van der Waals surface area contributed by atoms with E-state index in [4.69, 9.17) is 10.8 Å². The van der Waals surface area contributed by atoms with Crippen LogP contribution in [0.4, 0.5) is 0 Å². The van der Waals surface area contributed by atoms with Crippen LogP contribution in [-0.2, 0) is 4.79 Å². The first-order valence-electron chi connectivity index (χ1n) is 4.55. The second-order valence-electron chi connectivity index (χ2n) is 3.52. The SMILES string of the molecule is NC(=O)CCN1C[C@@H](O)[C@H](O)[C@H]1CO. The minimum absolute atomic E-state index is 0.163. The van der Waals surface area contributed by atoms with Gasteiger partial charge in [-0.3, -0.25) is 9.69 Å². The maximum atomic E-state index is 10.5. The molecule has 0 saturated carbocycles. The van der Waals surface area contributed by atoms with Crippen LogP contribution in [-0.4, -0.2) is 64.1 Å². The Balaban J connectivity index is 2.48. The highest BCUT2D eigenvalue weighted by Crippen LogP contribution is 2.18. The Kier molecular flexibility index (Phi) is 3.82. The van der Waals surface area contributed by atoms with Gasteiger partial charge in [-0.05, 0) is 0 Å². The van der Waals surface area contributed by atoms with E-state index in [0.29, 0.717) is 6.54 Å². The van der Waals surface area contributed by atoms with Gasteiger partial charge >= 0.3 is 0 Å². The Labute approximate surface area is 81.9 Å². The van der Waals surface area contributed by atoms with Gasteiger partial charge in [-0.1, -0.05) is 0 Å². The molecule has 3 atom stereocenters. The highest BCUT2D eigenvalue weighted by Gasteiger charge is 2.38. The largest absolute Gasteiger partial charge is 0.395 e. The summed E-state index contributed by atoms with van der Waals surface area (Å²) < 4.78 is 0. The summed E-state index contributed by atoms with van der Waals surface area (Å²) in [5.41, 5.74) is 4.97. The topological polar surface area (TPSA) is 107 Å². The van der Waals surface area contributed by atoms with Crippen LogP contribution >= 0.6 is 0 Å². The van der Waals surface area contributed by atoms with Gasteiger partial charge in [-0.15, -0.1) is 0 Å². The standard InChI is InChI=1S/C8H16N2O4/c9-7(13)1-2-10-3-6(12)8(14)5(10)4-11/h5-6,8,11-12,14H,1-4H2,(H2,9,13)/t5-,6-,8-/m1/s1. The number of rotatable bonds is 4. The maximum Gasteiger partial charge on any atom is 0.218 e. The summed E-state index contributed by atoms with van der Waals surface area (Å²) in [6.45, 7) is 0.380. The molecule has 1 amide bonds. The summed E-state index contributed by atoms with van der Waals surface area (Å²) in [4.78, 5) is 12.2. The van der Waals surface area contributed by atoms with E-state index >= 15 is 0 Å². The van der Waals surface area contributed by atoms with Crippen molar-refractivity contribution in [2.24, 2.45) is 5.73 Å². The zero-order valence-corrected chi connectivity index (χ0v) is 7.83. The smallest absolute Gasteiger partial charge is 0.218 e. The fourth-order valence-corrected chi connectivity index (χ4v) is 1.69. The summed E-state index contributed by atoms with van der Waals surface area (Å²) in [5, 5.41) is 27.7. The number of carbonyl (C=O) groups is 1. The molecular formula is C8H16N2O4. The van der Waals surface area contributed by atoms with Gasteiger partial charge in [0, 0.05) is 19.5 Å². The van der Waals surface area contributed by atoms with E-state index in [-0.39, 0.29) is 19.6 Å². The van der Waals surface area contributed by atoms with Crippen LogP contribution < -0.4 is 5.73 Å². The summed E-state index contributed by atoms with van der Waals surface area (Å²) in [5.74, 6) is -0.433. The van der Waals surface area contributed by atoms with Crippen molar-refractivity contribution in [2.75, 3.05) is 19.7 Å². The molecule has 0 bridgehead atoms. The molecule has 0 aliphatic carbocycles. The number of nitrogens with two attached hydrogens (primary N) is 1. The van der Waals surface area contributed by atoms with E-state index in [9.17, 15) is 15.0 Å². The molecule has 0 aromatic carbocycles. The first-order chi connectivity index (χ1) is 6.56. The Bertz CT molecular complexity index is 212. The average molecular weight is 204 g/mol. The van der Waals surface area contributed by atoms with Crippen LogP contribution in [0, 0.1) is 0 Å². The number of likely N-dealkylation sites (tertiary alicyclic amines) is 1. The van der Waals surface area contributed by atoms with E-state index in [1.54, 1.807) is 4.90 Å². The van der Waals surface area contributed by atoms with Gasteiger partial charge < -0.3 is 21.1 Å². The van der Waals surface area contributed by atoms with E-state index in [2.05, 4.69) is 0 Å². The van der Waals surface area contributed by atoms with Crippen molar-refractivity contribution < 1.29 is 20.1 Å². The van der Waals surface area contributed by atoms with Gasteiger partial charge in [0.1, 0.15) is 0 Å². The quantitative estimate of drug-likeness (QED) is 0.397. The number of amides is 1. The third-order valence-electron chi connectivity index (χ3n) is 2.51. The number of carbonyl (C=O) groups excluding carboxylic acids is 1. The van der Waals surface area contributed by atoms with Crippen LogP contribution in [0.3, 0.4) is 0 Å². The molecule has 6 heteroatoms. The molecule has 1 fully saturated rings. The average Bonchev–Trinajstić information content (AvgIpc) is 2.39. The van der Waals surface area contributed by atoms with Crippen LogP contribution in [0.5, 0.6) is 0 Å². The maximum absolute atomic E-state index is 10.5. The molecule has 0 radical (unpaired) electrons. The van der Waals surface area contributed by atoms with Crippen molar-refractivity contribution in [1.29, 1.82) is 0 Å². The fourth-order valence-electron chi connectivity index (χ4n) is 1.69. The van der Waals surface area contributed by atoms with Gasteiger partial charge in [0.15, 0.2) is 0 Å². The normalized spacial score (nSPS) is 33.5. The van der Waals surface area contributed by atoms with Gasteiger partial charge in [-0.2, -0.15) is 0 Å². The molecule has 0 unspecified atom stereocenters. The molecule has 5 N–H and O–H groups in total. The third kappa shape index (κ3) is 2.42. The Morgan fingerprint density at radius 1 is 1.50 bits per heavy atom. The second kappa shape index (κ2) is 4.70. The number of hydrogen-bond donors (Lipinski definition) is 4. The zero-order valence-electron chi connectivity index (χ0n) is 7.83. The van der Waals surface area contributed by atoms with Crippen LogP contribution in [0.1, 0.15) is 6.42 Å². The first kappa shape index (κ1) is 11.4. The number of β-amino-alcohol motifs (C(OH)–C–C–N with tert-alkyl or cyclic N) is 1. The number of primary amides is 1. The van der Waals surface area contributed by atoms with Crippen molar-refractivity contribution in [3.05, 3.63) is 0 Å². The molecule has 1 heterocycles. The molecule has 0 spiro atoms. The lowest BCUT2D eigenvalue weighted by atomic mass is 10.1. The number of aliphatic hydroxyl groups is 3. The second-order valence-corrected chi connectivity index (χ2v) is 3.52. The van der Waals surface area contributed by atoms with Gasteiger partial charge in [0.05, 0.1) is 24.9 Å². The van der Waals surface area contributed by atoms with Gasteiger partial charge in [0.25, 0.3) is 0 Å². The fraction of sp³-hybridized carbons (Fsp3) is 0.875. The zero-order chi connectivity index (χ0) is 10.7. The lowest BCUT2D eigenvalue weighted by Gasteiger charge is -2.22. The molecule has 6 nitrogen and oxygen atoms in total. The van der Waals surface area contributed by atoms with Crippen molar-refractivity contribution in [3.63, 3.8) is 0 Å². The number of nitrogens with zero attached hydrogens (tertiary/aromatic N) is 1. The minimum Gasteiger partial charge on any atom is -0.395 e. The molecule has 1 aliphatic heterocycles. The van der Waals surface area contributed by atoms with E-state index in [0.717, 1.165) is 0 Å². The molecule has 1 rings (SSSR count).